The van der Waals surface area contributed by atoms with Crippen LogP contribution in [0.25, 0.3) is 0 Å². The summed E-state index contributed by atoms with van der Waals surface area (Å²) >= 11 is 0. The molecule has 0 amide bonds. The molecule has 3 fully saturated rings. The monoisotopic (exact) mass is 236 g/mol. The highest BCUT2D eigenvalue weighted by Crippen LogP contribution is 2.41. The fourth-order valence-electron chi connectivity index (χ4n) is 4.49. The summed E-state index contributed by atoms with van der Waals surface area (Å²) in [7, 11) is 0. The van der Waals surface area contributed by atoms with Gasteiger partial charge in [0.05, 0.1) is 0 Å². The zero-order valence-electron chi connectivity index (χ0n) is 11.5. The summed E-state index contributed by atoms with van der Waals surface area (Å²) in [6, 6.07) is 1.66. The van der Waals surface area contributed by atoms with Gasteiger partial charge in [-0.1, -0.05) is 26.7 Å². The lowest BCUT2D eigenvalue weighted by Gasteiger charge is -2.44. The molecule has 2 heteroatoms. The molecule has 0 aromatic heterocycles. The summed E-state index contributed by atoms with van der Waals surface area (Å²) in [5, 5.41) is 3.74. The van der Waals surface area contributed by atoms with Crippen molar-refractivity contribution >= 4 is 0 Å². The van der Waals surface area contributed by atoms with Gasteiger partial charge in [0.2, 0.25) is 0 Å². The highest BCUT2D eigenvalue weighted by molar-refractivity contribution is 4.98. The Morgan fingerprint density at radius 1 is 1.06 bits per heavy atom. The van der Waals surface area contributed by atoms with Crippen molar-refractivity contribution in [2.75, 3.05) is 19.6 Å². The van der Waals surface area contributed by atoms with Gasteiger partial charge in [0, 0.05) is 25.2 Å². The van der Waals surface area contributed by atoms with Crippen LogP contribution in [-0.2, 0) is 0 Å². The van der Waals surface area contributed by atoms with Crippen LogP contribution < -0.4 is 5.32 Å². The van der Waals surface area contributed by atoms with Crippen LogP contribution in [0.4, 0.5) is 0 Å². The van der Waals surface area contributed by atoms with E-state index in [0.717, 1.165) is 18.0 Å². The number of nitrogens with zero attached hydrogens (tertiary/aromatic N) is 1. The Labute approximate surface area is 106 Å². The standard InChI is InChI=1S/C15H28N2/c1-15(2)8-4-3-7-14(15)17-10-12-6-5-9-16-13(12)11-17/h12-14,16H,3-11H2,1-2H3/t12-,13+,14?/m0/s1. The maximum atomic E-state index is 3.74. The molecule has 2 aliphatic heterocycles. The van der Waals surface area contributed by atoms with Crippen molar-refractivity contribution in [2.45, 2.75) is 64.5 Å². The molecular formula is C15H28N2. The summed E-state index contributed by atoms with van der Waals surface area (Å²) in [6.07, 6.45) is 8.61. The van der Waals surface area contributed by atoms with Gasteiger partial charge in [0.15, 0.2) is 0 Å². The number of fused-ring (bicyclic) bond motifs is 1. The molecule has 0 bridgehead atoms. The molecule has 3 aliphatic rings. The molecule has 2 saturated heterocycles. The second-order valence-corrected chi connectivity index (χ2v) is 7.17. The molecule has 1 aliphatic carbocycles. The molecule has 17 heavy (non-hydrogen) atoms. The Balaban J connectivity index is 1.68. The van der Waals surface area contributed by atoms with Crippen LogP contribution in [0.2, 0.25) is 0 Å². The summed E-state index contributed by atoms with van der Waals surface area (Å²) in [4.78, 5) is 2.83. The Morgan fingerprint density at radius 2 is 1.94 bits per heavy atom. The van der Waals surface area contributed by atoms with Crippen molar-refractivity contribution in [2.24, 2.45) is 11.3 Å². The number of rotatable bonds is 1. The smallest absolute Gasteiger partial charge is 0.0235 e. The minimum Gasteiger partial charge on any atom is -0.312 e. The number of hydrogen-bond donors (Lipinski definition) is 1. The first-order chi connectivity index (χ1) is 8.17. The maximum Gasteiger partial charge on any atom is 0.0235 e. The van der Waals surface area contributed by atoms with E-state index in [4.69, 9.17) is 0 Å². The fourth-order valence-corrected chi connectivity index (χ4v) is 4.49. The first-order valence-corrected chi connectivity index (χ1v) is 7.64. The molecule has 2 heterocycles. The van der Waals surface area contributed by atoms with Gasteiger partial charge in [-0.3, -0.25) is 4.90 Å². The van der Waals surface area contributed by atoms with E-state index in [9.17, 15) is 0 Å². The first-order valence-electron chi connectivity index (χ1n) is 7.64. The van der Waals surface area contributed by atoms with Crippen molar-refractivity contribution in [3.8, 4) is 0 Å². The van der Waals surface area contributed by atoms with Gasteiger partial charge in [0.1, 0.15) is 0 Å². The second kappa shape index (κ2) is 4.55. The van der Waals surface area contributed by atoms with Crippen LogP contribution in [0.15, 0.2) is 0 Å². The Hall–Kier alpha value is -0.0800. The summed E-state index contributed by atoms with van der Waals surface area (Å²) in [5.74, 6) is 0.946. The van der Waals surface area contributed by atoms with E-state index in [1.807, 2.05) is 0 Å². The third-order valence-electron chi connectivity index (χ3n) is 5.52. The molecule has 0 radical (unpaired) electrons. The number of piperidine rings is 1. The number of nitrogens with one attached hydrogen (secondary N) is 1. The second-order valence-electron chi connectivity index (χ2n) is 7.17. The van der Waals surface area contributed by atoms with Gasteiger partial charge in [-0.15, -0.1) is 0 Å². The van der Waals surface area contributed by atoms with Crippen LogP contribution in [0, 0.1) is 11.3 Å². The lowest BCUT2D eigenvalue weighted by Crippen LogP contribution is -2.47. The average Bonchev–Trinajstić information content (AvgIpc) is 2.71. The van der Waals surface area contributed by atoms with Crippen LogP contribution in [0.3, 0.4) is 0 Å². The molecule has 1 unspecified atom stereocenters. The van der Waals surface area contributed by atoms with Crippen LogP contribution >= 0.6 is 0 Å². The van der Waals surface area contributed by atoms with Crippen LogP contribution in [-0.4, -0.2) is 36.6 Å². The first kappa shape index (κ1) is 12.0. The summed E-state index contributed by atoms with van der Waals surface area (Å²) in [6.45, 7) is 8.92. The average molecular weight is 236 g/mol. The summed E-state index contributed by atoms with van der Waals surface area (Å²) < 4.78 is 0. The normalized spacial score (nSPS) is 42.4. The topological polar surface area (TPSA) is 15.3 Å². The highest BCUT2D eigenvalue weighted by Gasteiger charge is 2.42. The Morgan fingerprint density at radius 3 is 2.71 bits per heavy atom. The third kappa shape index (κ3) is 2.26. The van der Waals surface area contributed by atoms with Crippen molar-refractivity contribution in [3.63, 3.8) is 0 Å². The van der Waals surface area contributed by atoms with Gasteiger partial charge in [-0.05, 0) is 43.6 Å². The lowest BCUT2D eigenvalue weighted by atomic mass is 9.72. The van der Waals surface area contributed by atoms with Crippen molar-refractivity contribution in [1.29, 1.82) is 0 Å². The Kier molecular flexibility index (Phi) is 3.20. The molecular weight excluding hydrogens is 208 g/mol. The van der Waals surface area contributed by atoms with Crippen LogP contribution in [0.5, 0.6) is 0 Å². The highest BCUT2D eigenvalue weighted by atomic mass is 15.2. The third-order valence-corrected chi connectivity index (χ3v) is 5.52. The Bertz CT molecular complexity index is 260. The van der Waals surface area contributed by atoms with E-state index >= 15 is 0 Å². The van der Waals surface area contributed by atoms with Crippen molar-refractivity contribution < 1.29 is 0 Å². The van der Waals surface area contributed by atoms with Crippen molar-refractivity contribution in [1.82, 2.24) is 10.2 Å². The van der Waals surface area contributed by atoms with E-state index in [2.05, 4.69) is 24.1 Å². The van der Waals surface area contributed by atoms with Gasteiger partial charge in [0.25, 0.3) is 0 Å². The molecule has 98 valence electrons. The van der Waals surface area contributed by atoms with E-state index < -0.39 is 0 Å². The van der Waals surface area contributed by atoms with Gasteiger partial charge in [-0.2, -0.15) is 0 Å². The zero-order valence-corrected chi connectivity index (χ0v) is 11.5. The molecule has 0 aromatic carbocycles. The number of hydrogen-bond acceptors (Lipinski definition) is 2. The van der Waals surface area contributed by atoms with Crippen molar-refractivity contribution in [3.05, 3.63) is 0 Å². The van der Waals surface area contributed by atoms with E-state index in [1.165, 1.54) is 58.2 Å². The largest absolute Gasteiger partial charge is 0.312 e. The predicted molar refractivity (Wildman–Crippen MR) is 72.1 cm³/mol. The number of likely N-dealkylation sites (tertiary alicyclic amines) is 1. The fraction of sp³-hybridized carbons (Fsp3) is 1.00. The minimum atomic E-state index is 0.547. The minimum absolute atomic E-state index is 0.547. The summed E-state index contributed by atoms with van der Waals surface area (Å²) in [5.41, 5.74) is 0.547. The van der Waals surface area contributed by atoms with Crippen LogP contribution in [0.1, 0.15) is 52.4 Å². The molecule has 2 nitrogen and oxygen atoms in total. The van der Waals surface area contributed by atoms with E-state index in [0.29, 0.717) is 5.41 Å². The van der Waals surface area contributed by atoms with Gasteiger partial charge >= 0.3 is 0 Å². The lowest BCUT2D eigenvalue weighted by molar-refractivity contribution is 0.0631. The molecule has 3 rings (SSSR count). The molecule has 1 N–H and O–H groups in total. The van der Waals surface area contributed by atoms with Gasteiger partial charge < -0.3 is 5.32 Å². The predicted octanol–water partition coefficient (Wildman–Crippen LogP) is 2.64. The molecule has 3 atom stereocenters. The molecule has 0 spiro atoms. The maximum absolute atomic E-state index is 3.74. The van der Waals surface area contributed by atoms with Gasteiger partial charge in [-0.25, -0.2) is 0 Å². The zero-order chi connectivity index (χ0) is 11.9. The van der Waals surface area contributed by atoms with E-state index in [-0.39, 0.29) is 0 Å². The SMILES string of the molecule is CC1(C)CCCCC1N1C[C@@H]2CCCN[C@@H]2C1. The van der Waals surface area contributed by atoms with E-state index in [1.54, 1.807) is 0 Å². The molecule has 1 saturated carbocycles. The quantitative estimate of drug-likeness (QED) is 0.753. The molecule has 0 aromatic rings.